The number of aromatic nitrogens is 3. The van der Waals surface area contributed by atoms with Crippen molar-refractivity contribution in [1.29, 1.82) is 0 Å². The predicted molar refractivity (Wildman–Crippen MR) is 111 cm³/mol. The Labute approximate surface area is 165 Å². The summed E-state index contributed by atoms with van der Waals surface area (Å²) >= 11 is 0. The molecule has 0 saturated carbocycles. The van der Waals surface area contributed by atoms with Gasteiger partial charge in [-0.05, 0) is 62.7 Å². The molecule has 0 radical (unpaired) electrons. The Kier molecular flexibility index (Phi) is 5.53. The van der Waals surface area contributed by atoms with Crippen molar-refractivity contribution in [1.82, 2.24) is 19.9 Å². The summed E-state index contributed by atoms with van der Waals surface area (Å²) in [5.74, 6) is 1.75. The first-order chi connectivity index (χ1) is 13.7. The van der Waals surface area contributed by atoms with E-state index in [9.17, 15) is 0 Å². The van der Waals surface area contributed by atoms with Crippen LogP contribution in [0.5, 0.6) is 5.88 Å². The Bertz CT molecular complexity index is 939. The first kappa shape index (κ1) is 18.4. The van der Waals surface area contributed by atoms with Crippen LogP contribution in [-0.4, -0.2) is 46.6 Å². The monoisotopic (exact) mass is 378 g/mol. The third-order valence-corrected chi connectivity index (χ3v) is 5.23. The van der Waals surface area contributed by atoms with E-state index in [-0.39, 0.29) is 0 Å². The van der Waals surface area contributed by atoms with Crippen LogP contribution in [0.15, 0.2) is 42.9 Å². The number of nitrogens with two attached hydrogens (primary N) is 1. The Hall–Kier alpha value is -2.93. The maximum Gasteiger partial charge on any atom is 0.213 e. The molecule has 1 aliphatic rings. The second-order valence-electron chi connectivity index (χ2n) is 7.41. The minimum absolute atomic E-state index is 0.449. The van der Waals surface area contributed by atoms with E-state index in [4.69, 9.17) is 10.5 Å². The number of likely N-dealkylation sites (tertiary alicyclic amines) is 1. The molecule has 146 valence electrons. The summed E-state index contributed by atoms with van der Waals surface area (Å²) in [6.07, 6.45) is 7.64. The molecule has 0 bridgehead atoms. The second kappa shape index (κ2) is 8.39. The number of nitrogen functional groups attached to an aromatic ring is 1. The second-order valence-corrected chi connectivity index (χ2v) is 7.41. The maximum atomic E-state index is 5.95. The number of anilines is 2. The fourth-order valence-corrected chi connectivity index (χ4v) is 3.45. The molecule has 4 rings (SSSR count). The lowest BCUT2D eigenvalue weighted by Crippen LogP contribution is -2.32. The van der Waals surface area contributed by atoms with Gasteiger partial charge in [-0.3, -0.25) is 4.98 Å². The van der Waals surface area contributed by atoms with Crippen LogP contribution in [0.3, 0.4) is 0 Å². The van der Waals surface area contributed by atoms with Crippen molar-refractivity contribution in [2.24, 2.45) is 5.92 Å². The molecular weight excluding hydrogens is 352 g/mol. The quantitative estimate of drug-likeness (QED) is 0.682. The number of nitrogens with one attached hydrogen (secondary N) is 1. The van der Waals surface area contributed by atoms with Gasteiger partial charge >= 0.3 is 0 Å². The Morgan fingerprint density at radius 1 is 1.14 bits per heavy atom. The minimum atomic E-state index is 0.449. The Balaban J connectivity index is 1.34. The van der Waals surface area contributed by atoms with Crippen molar-refractivity contribution >= 4 is 22.4 Å². The number of rotatable bonds is 6. The Morgan fingerprint density at radius 3 is 2.82 bits per heavy atom. The summed E-state index contributed by atoms with van der Waals surface area (Å²) in [6, 6.07) is 7.93. The average molecular weight is 378 g/mol. The largest absolute Gasteiger partial charge is 0.477 e. The number of fused-ring (bicyclic) bond motifs is 1. The van der Waals surface area contributed by atoms with Gasteiger partial charge in [-0.2, -0.15) is 0 Å². The van der Waals surface area contributed by atoms with Gasteiger partial charge in [-0.25, -0.2) is 9.97 Å². The van der Waals surface area contributed by atoms with Crippen LogP contribution in [0.2, 0.25) is 0 Å². The highest BCUT2D eigenvalue weighted by Gasteiger charge is 2.17. The molecule has 3 aromatic heterocycles. The van der Waals surface area contributed by atoms with Crippen LogP contribution in [0, 0.1) is 5.92 Å². The highest BCUT2D eigenvalue weighted by atomic mass is 16.5. The van der Waals surface area contributed by atoms with Gasteiger partial charge in [0.05, 0.1) is 18.5 Å². The molecule has 0 aliphatic carbocycles. The SMILES string of the molecule is CN1CCC(COc2cc(CNc3cnc4c(N)nccc4c3)ccn2)CC1. The van der Waals surface area contributed by atoms with Gasteiger partial charge < -0.3 is 20.7 Å². The molecule has 0 unspecified atom stereocenters. The van der Waals surface area contributed by atoms with Gasteiger partial charge in [0.2, 0.25) is 5.88 Å². The van der Waals surface area contributed by atoms with Crippen LogP contribution in [0.25, 0.3) is 10.9 Å². The molecule has 1 aliphatic heterocycles. The van der Waals surface area contributed by atoms with E-state index in [1.807, 2.05) is 24.3 Å². The first-order valence-corrected chi connectivity index (χ1v) is 9.68. The fourth-order valence-electron chi connectivity index (χ4n) is 3.45. The van der Waals surface area contributed by atoms with Gasteiger partial charge in [0, 0.05) is 30.4 Å². The van der Waals surface area contributed by atoms with E-state index >= 15 is 0 Å². The molecule has 7 heteroatoms. The smallest absolute Gasteiger partial charge is 0.213 e. The number of piperidine rings is 1. The number of ether oxygens (including phenoxy) is 1. The minimum Gasteiger partial charge on any atom is -0.477 e. The van der Waals surface area contributed by atoms with E-state index in [1.54, 1.807) is 18.6 Å². The summed E-state index contributed by atoms with van der Waals surface area (Å²) in [6.45, 7) is 3.70. The lowest BCUT2D eigenvalue weighted by atomic mass is 9.98. The number of hydrogen-bond donors (Lipinski definition) is 2. The zero-order valence-electron chi connectivity index (χ0n) is 16.1. The Morgan fingerprint density at radius 2 is 1.96 bits per heavy atom. The predicted octanol–water partition coefficient (Wildman–Crippen LogP) is 2.94. The molecular formula is C21H26N6O. The molecule has 28 heavy (non-hydrogen) atoms. The lowest BCUT2D eigenvalue weighted by Gasteiger charge is -2.28. The van der Waals surface area contributed by atoms with Crippen molar-refractivity contribution in [3.05, 3.63) is 48.4 Å². The van der Waals surface area contributed by atoms with Crippen molar-refractivity contribution in [3.8, 4) is 5.88 Å². The molecule has 1 saturated heterocycles. The van der Waals surface area contributed by atoms with E-state index in [0.717, 1.165) is 41.9 Å². The number of hydrogen-bond acceptors (Lipinski definition) is 7. The third-order valence-electron chi connectivity index (χ3n) is 5.23. The average Bonchev–Trinajstić information content (AvgIpc) is 2.72. The zero-order chi connectivity index (χ0) is 19.3. The van der Waals surface area contributed by atoms with Crippen molar-refractivity contribution in [2.75, 3.05) is 37.8 Å². The standard InChI is InChI=1S/C21H26N6O/c1-27-8-4-15(5-9-27)14-28-19-10-16(2-6-23-19)12-25-18-11-17-3-7-24-21(22)20(17)26-13-18/h2-3,6-7,10-11,13,15,25H,4-5,8-9,12,14H2,1H3,(H2,22,24). The third kappa shape index (κ3) is 4.48. The number of nitrogens with zero attached hydrogens (tertiary/aromatic N) is 4. The van der Waals surface area contributed by atoms with Crippen LogP contribution < -0.4 is 15.8 Å². The van der Waals surface area contributed by atoms with E-state index in [0.29, 0.717) is 24.2 Å². The molecule has 0 spiro atoms. The van der Waals surface area contributed by atoms with Crippen LogP contribution >= 0.6 is 0 Å². The number of pyridine rings is 3. The fraction of sp³-hybridized carbons (Fsp3) is 0.381. The molecule has 3 aromatic rings. The highest BCUT2D eigenvalue weighted by molar-refractivity contribution is 5.88. The van der Waals surface area contributed by atoms with Gasteiger partial charge in [0.15, 0.2) is 0 Å². The van der Waals surface area contributed by atoms with Gasteiger partial charge in [0.25, 0.3) is 0 Å². The van der Waals surface area contributed by atoms with E-state index in [1.165, 1.54) is 12.8 Å². The zero-order valence-corrected chi connectivity index (χ0v) is 16.1. The maximum absolute atomic E-state index is 5.95. The van der Waals surface area contributed by atoms with Crippen LogP contribution in [0.4, 0.5) is 11.5 Å². The van der Waals surface area contributed by atoms with Crippen molar-refractivity contribution in [2.45, 2.75) is 19.4 Å². The van der Waals surface area contributed by atoms with Crippen LogP contribution in [-0.2, 0) is 6.54 Å². The summed E-state index contributed by atoms with van der Waals surface area (Å²) < 4.78 is 5.95. The normalized spacial score (nSPS) is 15.6. The van der Waals surface area contributed by atoms with Gasteiger partial charge in [-0.1, -0.05) is 0 Å². The first-order valence-electron chi connectivity index (χ1n) is 9.68. The molecule has 1 fully saturated rings. The van der Waals surface area contributed by atoms with Gasteiger partial charge in [-0.15, -0.1) is 0 Å². The molecule has 0 aromatic carbocycles. The molecule has 4 heterocycles. The highest BCUT2D eigenvalue weighted by Crippen LogP contribution is 2.21. The summed E-state index contributed by atoms with van der Waals surface area (Å²) in [5.41, 5.74) is 8.63. The summed E-state index contributed by atoms with van der Waals surface area (Å²) in [5, 5.41) is 4.36. The summed E-state index contributed by atoms with van der Waals surface area (Å²) in [4.78, 5) is 15.2. The van der Waals surface area contributed by atoms with E-state index < -0.39 is 0 Å². The molecule has 0 amide bonds. The molecule has 3 N–H and O–H groups in total. The van der Waals surface area contributed by atoms with E-state index in [2.05, 4.69) is 32.2 Å². The molecule has 7 nitrogen and oxygen atoms in total. The van der Waals surface area contributed by atoms with Gasteiger partial charge in [0.1, 0.15) is 11.3 Å². The lowest BCUT2D eigenvalue weighted by molar-refractivity contribution is 0.157. The van der Waals surface area contributed by atoms with Crippen molar-refractivity contribution in [3.63, 3.8) is 0 Å². The van der Waals surface area contributed by atoms with Crippen molar-refractivity contribution < 1.29 is 4.74 Å². The molecule has 0 atom stereocenters. The topological polar surface area (TPSA) is 89.2 Å². The van der Waals surface area contributed by atoms with Crippen LogP contribution in [0.1, 0.15) is 18.4 Å². The summed E-state index contributed by atoms with van der Waals surface area (Å²) in [7, 11) is 2.17.